The lowest BCUT2D eigenvalue weighted by Gasteiger charge is -2.18. The summed E-state index contributed by atoms with van der Waals surface area (Å²) in [6.07, 6.45) is 6.77. The van der Waals surface area contributed by atoms with Gasteiger partial charge in [-0.25, -0.2) is 0 Å². The van der Waals surface area contributed by atoms with Crippen molar-refractivity contribution in [2.45, 2.75) is 58.9 Å². The highest BCUT2D eigenvalue weighted by Crippen LogP contribution is 2.34. The van der Waals surface area contributed by atoms with Gasteiger partial charge in [0.1, 0.15) is 0 Å². The summed E-state index contributed by atoms with van der Waals surface area (Å²) in [6, 6.07) is 0.622. The molecule has 1 aliphatic carbocycles. The summed E-state index contributed by atoms with van der Waals surface area (Å²) >= 11 is 0. The van der Waals surface area contributed by atoms with E-state index < -0.39 is 0 Å². The van der Waals surface area contributed by atoms with Crippen molar-refractivity contribution in [3.05, 3.63) is 17.0 Å². The van der Waals surface area contributed by atoms with E-state index in [9.17, 15) is 0 Å². The molecular weight excluding hydrogens is 222 g/mol. The molecule has 1 atom stereocenters. The molecule has 0 spiro atoms. The third-order valence-electron chi connectivity index (χ3n) is 4.22. The number of hydrogen-bond acceptors (Lipinski definition) is 2. The molecule has 1 aromatic rings. The molecule has 102 valence electrons. The van der Waals surface area contributed by atoms with Gasteiger partial charge >= 0.3 is 0 Å². The lowest BCUT2D eigenvalue weighted by molar-refractivity contribution is 0.461. The first-order valence-corrected chi connectivity index (χ1v) is 7.34. The lowest BCUT2D eigenvalue weighted by atomic mass is 9.99. The fourth-order valence-electron chi connectivity index (χ4n) is 2.77. The van der Waals surface area contributed by atoms with E-state index in [0.717, 1.165) is 18.9 Å². The van der Waals surface area contributed by atoms with E-state index in [1.54, 1.807) is 0 Å². The Bertz CT molecular complexity index is 391. The second-order valence-electron chi connectivity index (χ2n) is 5.75. The van der Waals surface area contributed by atoms with Crippen LogP contribution in [0.3, 0.4) is 0 Å². The zero-order valence-corrected chi connectivity index (χ0v) is 12.3. The molecule has 1 N–H and O–H groups in total. The molecule has 0 bridgehead atoms. The average molecular weight is 249 g/mol. The summed E-state index contributed by atoms with van der Waals surface area (Å²) in [7, 11) is 2.04. The third kappa shape index (κ3) is 3.35. The topological polar surface area (TPSA) is 29.9 Å². The van der Waals surface area contributed by atoms with E-state index in [2.05, 4.69) is 31.2 Å². The molecule has 18 heavy (non-hydrogen) atoms. The molecule has 1 saturated carbocycles. The van der Waals surface area contributed by atoms with Gasteiger partial charge in [0.15, 0.2) is 0 Å². The second-order valence-corrected chi connectivity index (χ2v) is 5.75. The number of nitrogens with zero attached hydrogens (tertiary/aromatic N) is 2. The minimum atomic E-state index is 0.622. The van der Waals surface area contributed by atoms with Crippen LogP contribution in [0, 0.1) is 19.8 Å². The predicted molar refractivity (Wildman–Crippen MR) is 75.8 cm³/mol. The Morgan fingerprint density at radius 3 is 2.61 bits per heavy atom. The number of rotatable bonds is 7. The van der Waals surface area contributed by atoms with E-state index in [4.69, 9.17) is 0 Å². The predicted octanol–water partition coefficient (Wildman–Crippen LogP) is 2.75. The highest BCUT2D eigenvalue weighted by atomic mass is 15.3. The summed E-state index contributed by atoms with van der Waals surface area (Å²) in [4.78, 5) is 0. The molecule has 1 fully saturated rings. The Kier molecular flexibility index (Phi) is 4.44. The molecule has 1 heterocycles. The maximum Gasteiger partial charge on any atom is 0.0628 e. The summed E-state index contributed by atoms with van der Waals surface area (Å²) in [5.74, 6) is 1.03. The van der Waals surface area contributed by atoms with Gasteiger partial charge in [0.05, 0.1) is 5.69 Å². The van der Waals surface area contributed by atoms with Gasteiger partial charge in [-0.05, 0) is 51.1 Å². The van der Waals surface area contributed by atoms with Crippen LogP contribution in [-0.4, -0.2) is 22.4 Å². The first-order chi connectivity index (χ1) is 8.61. The molecule has 0 aliphatic heterocycles. The monoisotopic (exact) mass is 249 g/mol. The number of hydrogen-bond donors (Lipinski definition) is 1. The van der Waals surface area contributed by atoms with E-state index in [1.807, 2.05) is 11.7 Å². The van der Waals surface area contributed by atoms with Crippen molar-refractivity contribution in [1.29, 1.82) is 0 Å². The van der Waals surface area contributed by atoms with Crippen molar-refractivity contribution < 1.29 is 0 Å². The Morgan fingerprint density at radius 1 is 1.39 bits per heavy atom. The quantitative estimate of drug-likeness (QED) is 0.805. The summed E-state index contributed by atoms with van der Waals surface area (Å²) < 4.78 is 2.01. The molecule has 3 heteroatoms. The molecule has 0 aromatic carbocycles. The van der Waals surface area contributed by atoms with Crippen molar-refractivity contribution in [3.8, 4) is 0 Å². The summed E-state index contributed by atoms with van der Waals surface area (Å²) in [6.45, 7) is 7.58. The third-order valence-corrected chi connectivity index (χ3v) is 4.22. The standard InChI is InChI=1S/C15H27N3/c1-5-16-14(9-8-13-6-7-13)10-15-11(2)17-18(4)12(15)3/h13-14,16H,5-10H2,1-4H3. The number of nitrogens with one attached hydrogen (secondary N) is 1. The van der Waals surface area contributed by atoms with E-state index >= 15 is 0 Å². The Morgan fingerprint density at radius 2 is 2.11 bits per heavy atom. The molecule has 0 radical (unpaired) electrons. The number of likely N-dealkylation sites (N-methyl/N-ethyl adjacent to an activating group) is 1. The zero-order valence-electron chi connectivity index (χ0n) is 12.3. The van der Waals surface area contributed by atoms with Crippen LogP contribution in [0.15, 0.2) is 0 Å². The molecule has 0 amide bonds. The average Bonchev–Trinajstić information content (AvgIpc) is 3.11. The van der Waals surface area contributed by atoms with Crippen molar-refractivity contribution in [2.75, 3.05) is 6.54 Å². The maximum atomic E-state index is 4.52. The number of aromatic nitrogens is 2. The summed E-state index contributed by atoms with van der Waals surface area (Å²) in [5, 5.41) is 8.16. The molecule has 1 aliphatic rings. The van der Waals surface area contributed by atoms with Crippen LogP contribution in [0.2, 0.25) is 0 Å². The van der Waals surface area contributed by atoms with Gasteiger partial charge in [0.25, 0.3) is 0 Å². The smallest absolute Gasteiger partial charge is 0.0628 e. The van der Waals surface area contributed by atoms with Gasteiger partial charge in [-0.15, -0.1) is 0 Å². The highest BCUT2D eigenvalue weighted by Gasteiger charge is 2.23. The van der Waals surface area contributed by atoms with E-state index in [-0.39, 0.29) is 0 Å². The Balaban J connectivity index is 1.97. The van der Waals surface area contributed by atoms with Crippen LogP contribution in [0.4, 0.5) is 0 Å². The SMILES string of the molecule is CCNC(CCC1CC1)Cc1c(C)nn(C)c1C. The van der Waals surface area contributed by atoms with Crippen LogP contribution in [-0.2, 0) is 13.5 Å². The normalized spacial score (nSPS) is 17.1. The van der Waals surface area contributed by atoms with Crippen molar-refractivity contribution >= 4 is 0 Å². The van der Waals surface area contributed by atoms with Crippen LogP contribution in [0.5, 0.6) is 0 Å². The van der Waals surface area contributed by atoms with Gasteiger partial charge in [0.2, 0.25) is 0 Å². The first kappa shape index (κ1) is 13.6. The van der Waals surface area contributed by atoms with Gasteiger partial charge in [-0.3, -0.25) is 4.68 Å². The van der Waals surface area contributed by atoms with Crippen LogP contribution < -0.4 is 5.32 Å². The fraction of sp³-hybridized carbons (Fsp3) is 0.800. The Hall–Kier alpha value is -0.830. The molecule has 0 saturated heterocycles. The molecule has 2 rings (SSSR count). The molecule has 3 nitrogen and oxygen atoms in total. The van der Waals surface area contributed by atoms with Gasteiger partial charge in [-0.1, -0.05) is 19.8 Å². The van der Waals surface area contributed by atoms with Gasteiger partial charge < -0.3 is 5.32 Å². The zero-order chi connectivity index (χ0) is 13.1. The minimum absolute atomic E-state index is 0.622. The maximum absolute atomic E-state index is 4.52. The molecule has 1 aromatic heterocycles. The first-order valence-electron chi connectivity index (χ1n) is 7.34. The summed E-state index contributed by atoms with van der Waals surface area (Å²) in [5.41, 5.74) is 3.96. The van der Waals surface area contributed by atoms with Crippen molar-refractivity contribution in [1.82, 2.24) is 15.1 Å². The molecular formula is C15H27N3. The minimum Gasteiger partial charge on any atom is -0.314 e. The Labute approximate surface area is 111 Å². The van der Waals surface area contributed by atoms with Gasteiger partial charge in [-0.2, -0.15) is 5.10 Å². The lowest BCUT2D eigenvalue weighted by Crippen LogP contribution is -2.31. The van der Waals surface area contributed by atoms with Crippen molar-refractivity contribution in [3.63, 3.8) is 0 Å². The number of aryl methyl sites for hydroxylation is 2. The van der Waals surface area contributed by atoms with Crippen LogP contribution in [0.1, 0.15) is 49.6 Å². The van der Waals surface area contributed by atoms with E-state index in [1.165, 1.54) is 42.6 Å². The van der Waals surface area contributed by atoms with Crippen LogP contribution >= 0.6 is 0 Å². The van der Waals surface area contributed by atoms with Crippen LogP contribution in [0.25, 0.3) is 0 Å². The highest BCUT2D eigenvalue weighted by molar-refractivity contribution is 5.25. The van der Waals surface area contributed by atoms with E-state index in [0.29, 0.717) is 6.04 Å². The fourth-order valence-corrected chi connectivity index (χ4v) is 2.77. The molecule has 1 unspecified atom stereocenters. The second kappa shape index (κ2) is 5.87. The van der Waals surface area contributed by atoms with Gasteiger partial charge in [0, 0.05) is 18.8 Å². The largest absolute Gasteiger partial charge is 0.314 e. The van der Waals surface area contributed by atoms with Crippen molar-refractivity contribution in [2.24, 2.45) is 13.0 Å².